The summed E-state index contributed by atoms with van der Waals surface area (Å²) < 4.78 is 7.80. The molecular weight excluding hydrogens is 624 g/mol. The Morgan fingerprint density at radius 1 is 1.11 bits per heavy atom. The molecular formula is C34H35ClN6O6. The number of hydrogen-bond acceptors (Lipinski definition) is 8. The number of methoxy groups -OCH3 is 1. The van der Waals surface area contributed by atoms with Crippen LogP contribution in [0.2, 0.25) is 5.02 Å². The van der Waals surface area contributed by atoms with Gasteiger partial charge in [-0.25, -0.2) is 9.78 Å². The van der Waals surface area contributed by atoms with E-state index in [2.05, 4.69) is 16.0 Å². The van der Waals surface area contributed by atoms with Crippen molar-refractivity contribution >= 4 is 29.1 Å². The number of anilines is 1. The summed E-state index contributed by atoms with van der Waals surface area (Å²) in [7, 11) is 4.34. The highest BCUT2D eigenvalue weighted by Crippen LogP contribution is 2.43. The maximum atomic E-state index is 13.2. The standard InChI is InChI=1S/C34H35ClN6O6/c1-17-20(7-6-10-24(17)38-31(44)23-16-40(2)34(46)41(3)33(23)45)21-8-5-9-22(29(21)35)25-12-19-13-26(42)30(28(19)32(39-25)47-4)37-15-18-11-27(43)36-14-18/h5-10,12,16,18,26,30,37,42H,11,13-15H2,1-4H3,(H,36,43)(H,38,44)/t18-,26+,30-/m0/s1. The largest absolute Gasteiger partial charge is 0.481 e. The van der Waals surface area contributed by atoms with Crippen LogP contribution in [0.15, 0.2) is 58.3 Å². The van der Waals surface area contributed by atoms with Gasteiger partial charge in [-0.2, -0.15) is 0 Å². The topological polar surface area (TPSA) is 157 Å². The molecule has 2 amide bonds. The summed E-state index contributed by atoms with van der Waals surface area (Å²) in [5.74, 6) is -0.0693. The van der Waals surface area contributed by atoms with Crippen LogP contribution in [0.5, 0.6) is 5.88 Å². The summed E-state index contributed by atoms with van der Waals surface area (Å²) in [6.07, 6.45) is 1.39. The summed E-state index contributed by atoms with van der Waals surface area (Å²) in [4.78, 5) is 54.3. The number of carbonyl (C=O) groups is 2. The van der Waals surface area contributed by atoms with Crippen molar-refractivity contribution in [2.45, 2.75) is 31.9 Å². The highest BCUT2D eigenvalue weighted by Gasteiger charge is 2.36. The van der Waals surface area contributed by atoms with Crippen molar-refractivity contribution in [2.24, 2.45) is 20.0 Å². The van der Waals surface area contributed by atoms with E-state index in [4.69, 9.17) is 21.3 Å². The first-order chi connectivity index (χ1) is 22.5. The first-order valence-corrected chi connectivity index (χ1v) is 15.6. The van der Waals surface area contributed by atoms with Gasteiger partial charge < -0.3 is 30.4 Å². The predicted octanol–water partition coefficient (Wildman–Crippen LogP) is 2.72. The number of carbonyl (C=O) groups excluding carboxylic acids is 2. The number of rotatable bonds is 8. The van der Waals surface area contributed by atoms with Crippen molar-refractivity contribution in [1.82, 2.24) is 24.8 Å². The van der Waals surface area contributed by atoms with E-state index in [0.717, 1.165) is 26.8 Å². The zero-order valence-electron chi connectivity index (χ0n) is 26.4. The number of hydrogen-bond donors (Lipinski definition) is 4. The Hall–Kier alpha value is -4.78. The van der Waals surface area contributed by atoms with E-state index in [1.54, 1.807) is 19.2 Å². The van der Waals surface area contributed by atoms with Gasteiger partial charge in [0.2, 0.25) is 11.8 Å². The second kappa shape index (κ2) is 12.8. The van der Waals surface area contributed by atoms with Crippen LogP contribution in [0.1, 0.15) is 39.5 Å². The molecule has 0 bridgehead atoms. The number of aromatic nitrogens is 3. The fourth-order valence-electron chi connectivity index (χ4n) is 6.41. The van der Waals surface area contributed by atoms with Crippen LogP contribution in [0.4, 0.5) is 5.69 Å². The van der Waals surface area contributed by atoms with E-state index in [1.807, 2.05) is 37.3 Å². The van der Waals surface area contributed by atoms with Crippen molar-refractivity contribution in [3.8, 4) is 28.3 Å². The van der Waals surface area contributed by atoms with Gasteiger partial charge in [-0.3, -0.25) is 19.0 Å². The first kappa shape index (κ1) is 32.2. The zero-order valence-corrected chi connectivity index (χ0v) is 27.1. The van der Waals surface area contributed by atoms with Gasteiger partial charge in [-0.15, -0.1) is 0 Å². The number of benzene rings is 2. The van der Waals surface area contributed by atoms with Crippen molar-refractivity contribution in [1.29, 1.82) is 0 Å². The number of halogens is 1. The number of ether oxygens (including phenoxy) is 1. The van der Waals surface area contributed by atoms with Crippen LogP contribution in [0.3, 0.4) is 0 Å². The molecule has 2 aromatic carbocycles. The number of nitrogens with one attached hydrogen (secondary N) is 3. The highest BCUT2D eigenvalue weighted by molar-refractivity contribution is 6.36. The molecule has 6 rings (SSSR count). The number of nitrogens with zero attached hydrogens (tertiary/aromatic N) is 3. The number of aryl methyl sites for hydroxylation is 1. The highest BCUT2D eigenvalue weighted by atomic mass is 35.5. The Bertz CT molecular complexity index is 2040. The Labute approximate surface area is 275 Å². The number of aliphatic hydroxyl groups excluding tert-OH is 1. The molecule has 0 saturated carbocycles. The van der Waals surface area contributed by atoms with Crippen LogP contribution in [0.25, 0.3) is 22.4 Å². The lowest BCUT2D eigenvalue weighted by Crippen LogP contribution is -2.40. The third kappa shape index (κ3) is 5.95. The second-order valence-electron chi connectivity index (χ2n) is 12.0. The molecule has 47 heavy (non-hydrogen) atoms. The maximum Gasteiger partial charge on any atom is 0.330 e. The lowest BCUT2D eigenvalue weighted by Gasteiger charge is -2.21. The third-order valence-corrected chi connectivity index (χ3v) is 9.36. The quantitative estimate of drug-likeness (QED) is 0.225. The summed E-state index contributed by atoms with van der Waals surface area (Å²) in [6, 6.07) is 12.5. The smallest absolute Gasteiger partial charge is 0.330 e. The third-order valence-electron chi connectivity index (χ3n) is 8.95. The Morgan fingerprint density at radius 2 is 1.83 bits per heavy atom. The monoisotopic (exact) mass is 658 g/mol. The summed E-state index contributed by atoms with van der Waals surface area (Å²) >= 11 is 7.07. The number of pyridine rings is 1. The van der Waals surface area contributed by atoms with Gasteiger partial charge in [0.25, 0.3) is 11.5 Å². The minimum absolute atomic E-state index is 0.0345. The van der Waals surface area contributed by atoms with Gasteiger partial charge in [0.1, 0.15) is 5.56 Å². The van der Waals surface area contributed by atoms with Crippen molar-refractivity contribution in [3.63, 3.8) is 0 Å². The number of aliphatic hydroxyl groups is 1. The minimum atomic E-state index is -0.690. The lowest BCUT2D eigenvalue weighted by molar-refractivity contribution is -0.119. The molecule has 244 valence electrons. The minimum Gasteiger partial charge on any atom is -0.481 e. The molecule has 1 aliphatic carbocycles. The van der Waals surface area contributed by atoms with Crippen LogP contribution < -0.4 is 31.9 Å². The fraction of sp³-hybridized carbons (Fsp3) is 0.324. The van der Waals surface area contributed by atoms with Crippen LogP contribution in [0, 0.1) is 12.8 Å². The fourth-order valence-corrected chi connectivity index (χ4v) is 6.73. The Kier molecular flexibility index (Phi) is 8.75. The van der Waals surface area contributed by atoms with E-state index in [0.29, 0.717) is 59.3 Å². The molecule has 0 spiro atoms. The predicted molar refractivity (Wildman–Crippen MR) is 178 cm³/mol. The van der Waals surface area contributed by atoms with Crippen LogP contribution >= 0.6 is 11.6 Å². The first-order valence-electron chi connectivity index (χ1n) is 15.2. The van der Waals surface area contributed by atoms with Crippen molar-refractivity contribution in [2.75, 3.05) is 25.5 Å². The Morgan fingerprint density at radius 3 is 2.55 bits per heavy atom. The maximum absolute atomic E-state index is 13.2. The van der Waals surface area contributed by atoms with E-state index >= 15 is 0 Å². The molecule has 0 radical (unpaired) electrons. The summed E-state index contributed by atoms with van der Waals surface area (Å²) in [5, 5.41) is 20.5. The SMILES string of the molecule is COc1nc(-c2cccc(-c3cccc(NC(=O)c4cn(C)c(=O)n(C)c4=O)c3C)c2Cl)cc2c1[C@@H](NC[C@@H]1CNC(=O)C1)[C@H](O)C2. The van der Waals surface area contributed by atoms with E-state index in [-0.39, 0.29) is 23.4 Å². The van der Waals surface area contributed by atoms with Gasteiger partial charge in [-0.05, 0) is 41.7 Å². The number of fused-ring (bicyclic) bond motifs is 1. The van der Waals surface area contributed by atoms with Crippen LogP contribution in [-0.4, -0.2) is 57.3 Å². The average molecular weight is 659 g/mol. The van der Waals surface area contributed by atoms with Crippen LogP contribution in [-0.2, 0) is 25.3 Å². The summed E-state index contributed by atoms with van der Waals surface area (Å²) in [5.41, 5.74) is 4.21. The molecule has 2 aromatic heterocycles. The van der Waals surface area contributed by atoms with Crippen molar-refractivity contribution < 1.29 is 19.4 Å². The molecule has 1 saturated heterocycles. The van der Waals surface area contributed by atoms with Gasteiger partial charge >= 0.3 is 5.69 Å². The second-order valence-corrected chi connectivity index (χ2v) is 12.4. The van der Waals surface area contributed by atoms with Gasteiger partial charge in [-0.1, -0.05) is 41.9 Å². The Balaban J connectivity index is 1.31. The lowest BCUT2D eigenvalue weighted by atomic mass is 9.96. The zero-order chi connectivity index (χ0) is 33.6. The molecule has 3 heterocycles. The molecule has 1 aliphatic heterocycles. The molecule has 1 fully saturated rings. The molecule has 12 nitrogen and oxygen atoms in total. The normalized spacial score (nSPS) is 18.6. The van der Waals surface area contributed by atoms with E-state index in [1.165, 1.54) is 24.9 Å². The molecule has 4 N–H and O–H groups in total. The molecule has 2 aliphatic rings. The van der Waals surface area contributed by atoms with Gasteiger partial charge in [0.05, 0.1) is 30.0 Å². The average Bonchev–Trinajstić information content (AvgIpc) is 3.62. The van der Waals surface area contributed by atoms with Gasteiger partial charge in [0.15, 0.2) is 0 Å². The molecule has 3 atom stereocenters. The molecule has 0 unspecified atom stereocenters. The molecule has 4 aromatic rings. The van der Waals surface area contributed by atoms with Crippen molar-refractivity contribution in [3.05, 3.63) is 96.8 Å². The number of amides is 2. The summed E-state index contributed by atoms with van der Waals surface area (Å²) in [6.45, 7) is 3.02. The van der Waals surface area contributed by atoms with E-state index in [9.17, 15) is 24.3 Å². The molecule has 13 heteroatoms. The van der Waals surface area contributed by atoms with E-state index < -0.39 is 23.3 Å². The van der Waals surface area contributed by atoms with Gasteiger partial charge in [0, 0.05) is 68.6 Å².